The maximum absolute atomic E-state index is 6.73. The number of furan rings is 1. The molecule has 0 amide bonds. The second kappa shape index (κ2) is 14.3. The van der Waals surface area contributed by atoms with Crippen molar-refractivity contribution in [3.05, 3.63) is 231 Å². The Morgan fingerprint density at radius 2 is 0.770 bits per heavy atom. The lowest BCUT2D eigenvalue weighted by molar-refractivity contribution is 0.667. The second-order valence-corrected chi connectivity index (χ2v) is 15.7. The Morgan fingerprint density at radius 1 is 0.311 bits per heavy atom. The topological polar surface area (TPSA) is 21.3 Å². The van der Waals surface area contributed by atoms with Crippen molar-refractivity contribution in [1.29, 1.82) is 0 Å². The smallest absolute Gasteiger partial charge is 0.160 e. The third kappa shape index (κ3) is 5.90. The molecule has 12 rings (SSSR count). The highest BCUT2D eigenvalue weighted by Crippen LogP contribution is 2.43. The summed E-state index contributed by atoms with van der Waals surface area (Å²) >= 11 is 0. The van der Waals surface area contributed by atoms with E-state index in [9.17, 15) is 0 Å². The Labute approximate surface area is 353 Å². The van der Waals surface area contributed by atoms with Crippen LogP contribution in [-0.4, -0.2) is 4.57 Å². The van der Waals surface area contributed by atoms with Crippen LogP contribution in [0.1, 0.15) is 0 Å². The molecule has 0 saturated carbocycles. The van der Waals surface area contributed by atoms with Gasteiger partial charge in [0.05, 0.1) is 16.7 Å². The maximum atomic E-state index is 6.73. The molecule has 0 aliphatic carbocycles. The van der Waals surface area contributed by atoms with Crippen LogP contribution in [0.25, 0.3) is 93.6 Å². The molecule has 0 unspecified atom stereocenters. The molecule has 3 nitrogen and oxygen atoms in total. The summed E-state index contributed by atoms with van der Waals surface area (Å²) in [6.07, 6.45) is 0. The molecule has 0 spiro atoms. The van der Waals surface area contributed by atoms with E-state index in [1.807, 2.05) is 6.07 Å². The molecule has 10 aromatic carbocycles. The van der Waals surface area contributed by atoms with Gasteiger partial charge < -0.3 is 13.9 Å². The summed E-state index contributed by atoms with van der Waals surface area (Å²) in [5.74, 6) is 0. The fraction of sp³-hybridized carbons (Fsp3) is 0. The molecule has 61 heavy (non-hydrogen) atoms. The van der Waals surface area contributed by atoms with Gasteiger partial charge in [-0.15, -0.1) is 0 Å². The van der Waals surface area contributed by atoms with Crippen molar-refractivity contribution < 1.29 is 4.42 Å². The van der Waals surface area contributed by atoms with Crippen molar-refractivity contribution in [3.8, 4) is 39.1 Å². The van der Waals surface area contributed by atoms with E-state index in [1.165, 1.54) is 44.0 Å². The minimum Gasteiger partial charge on any atom is -0.454 e. The second-order valence-electron chi connectivity index (χ2n) is 15.7. The van der Waals surface area contributed by atoms with Gasteiger partial charge in [0.25, 0.3) is 0 Å². The summed E-state index contributed by atoms with van der Waals surface area (Å²) in [6.45, 7) is 0. The Bertz CT molecular complexity index is 3460. The van der Waals surface area contributed by atoms with Gasteiger partial charge in [-0.3, -0.25) is 0 Å². The molecule has 0 aliphatic rings. The quantitative estimate of drug-likeness (QED) is 0.161. The summed E-state index contributed by atoms with van der Waals surface area (Å²) in [7, 11) is 0. The molecule has 0 fully saturated rings. The third-order valence-corrected chi connectivity index (χ3v) is 12.2. The van der Waals surface area contributed by atoms with Crippen LogP contribution in [0.2, 0.25) is 0 Å². The lowest BCUT2D eigenvalue weighted by atomic mass is 10.0. The number of fused-ring (bicyclic) bond motifs is 7. The summed E-state index contributed by atoms with van der Waals surface area (Å²) in [6, 6.07) is 82.8. The molecule has 0 saturated heterocycles. The highest BCUT2D eigenvalue weighted by atomic mass is 16.3. The molecule has 2 heterocycles. The number of para-hydroxylation sites is 2. The van der Waals surface area contributed by atoms with E-state index >= 15 is 0 Å². The lowest BCUT2D eigenvalue weighted by Crippen LogP contribution is -2.09. The minimum absolute atomic E-state index is 0.896. The lowest BCUT2D eigenvalue weighted by Gasteiger charge is -2.26. The SMILES string of the molecule is c1ccc(-c2ccc(N(c3ccc(-c4ccccc4)cc3)c3ccc(-c4ccc5c(c4)c4ccccc4n5-c4c5ccccc5cc5c4oc4ccccc45)cc3)cc2)cc1. The van der Waals surface area contributed by atoms with Crippen LogP contribution in [0.4, 0.5) is 17.1 Å². The molecule has 0 radical (unpaired) electrons. The van der Waals surface area contributed by atoms with Gasteiger partial charge >= 0.3 is 0 Å². The average molecular weight is 779 g/mol. The maximum Gasteiger partial charge on any atom is 0.160 e. The molecule has 3 heteroatoms. The number of rotatable bonds is 7. The summed E-state index contributed by atoms with van der Waals surface area (Å²) in [5, 5.41) is 7.01. The van der Waals surface area contributed by atoms with Crippen molar-refractivity contribution >= 4 is 71.6 Å². The Kier molecular flexibility index (Phi) is 8.17. The number of benzene rings is 10. The zero-order valence-corrected chi connectivity index (χ0v) is 33.2. The number of hydrogen-bond acceptors (Lipinski definition) is 2. The standard InChI is InChI=1S/C58H38N2O/c1-3-13-39(14-4-1)41-23-30-46(31-24-41)59(47-32-25-42(26-33-47)40-15-5-2-6-16-40)48-34-27-43(28-35-48)44-29-36-55-52(37-44)50-19-9-11-21-54(50)60(55)57-49-18-8-7-17-45(49)38-53-51-20-10-12-22-56(51)61-58(53)57/h1-38H. The van der Waals surface area contributed by atoms with E-state index in [1.54, 1.807) is 0 Å². The van der Waals surface area contributed by atoms with Gasteiger partial charge in [-0.05, 0) is 105 Å². The van der Waals surface area contributed by atoms with E-state index in [0.29, 0.717) is 0 Å². The third-order valence-electron chi connectivity index (χ3n) is 12.2. The largest absolute Gasteiger partial charge is 0.454 e. The summed E-state index contributed by atoms with van der Waals surface area (Å²) in [4.78, 5) is 2.34. The van der Waals surface area contributed by atoms with Crippen LogP contribution in [0.3, 0.4) is 0 Å². The summed E-state index contributed by atoms with van der Waals surface area (Å²) in [5.41, 5.74) is 15.6. The predicted molar refractivity (Wildman–Crippen MR) is 257 cm³/mol. The van der Waals surface area contributed by atoms with Crippen LogP contribution < -0.4 is 4.90 Å². The number of nitrogens with zero attached hydrogens (tertiary/aromatic N) is 2. The zero-order chi connectivity index (χ0) is 40.3. The normalized spacial score (nSPS) is 11.6. The van der Waals surface area contributed by atoms with Crippen LogP contribution >= 0.6 is 0 Å². The van der Waals surface area contributed by atoms with Crippen LogP contribution in [0.5, 0.6) is 0 Å². The van der Waals surface area contributed by atoms with E-state index in [2.05, 4.69) is 234 Å². The molecule has 0 aliphatic heterocycles. The number of anilines is 3. The van der Waals surface area contributed by atoms with Crippen molar-refractivity contribution in [3.63, 3.8) is 0 Å². The van der Waals surface area contributed by atoms with Gasteiger partial charge in [0.15, 0.2) is 5.58 Å². The van der Waals surface area contributed by atoms with Crippen molar-refractivity contribution in [2.24, 2.45) is 0 Å². The first-order chi connectivity index (χ1) is 30.2. The molecule has 2 aromatic heterocycles. The van der Waals surface area contributed by atoms with Gasteiger partial charge in [0.2, 0.25) is 0 Å². The molecule has 0 atom stereocenters. The Balaban J connectivity index is 0.967. The van der Waals surface area contributed by atoms with Gasteiger partial charge in [0, 0.05) is 44.0 Å². The zero-order valence-electron chi connectivity index (χ0n) is 33.2. The monoisotopic (exact) mass is 778 g/mol. The van der Waals surface area contributed by atoms with E-state index in [0.717, 1.165) is 66.7 Å². The van der Waals surface area contributed by atoms with Gasteiger partial charge in [-0.1, -0.05) is 164 Å². The van der Waals surface area contributed by atoms with Crippen molar-refractivity contribution in [1.82, 2.24) is 4.57 Å². The Morgan fingerprint density at radius 3 is 1.39 bits per heavy atom. The van der Waals surface area contributed by atoms with Crippen molar-refractivity contribution in [2.45, 2.75) is 0 Å². The van der Waals surface area contributed by atoms with Gasteiger partial charge in [0.1, 0.15) is 5.58 Å². The molecular formula is C58H38N2O. The van der Waals surface area contributed by atoms with E-state index < -0.39 is 0 Å². The van der Waals surface area contributed by atoms with Crippen LogP contribution in [-0.2, 0) is 0 Å². The molecule has 12 aromatic rings. The number of aromatic nitrogens is 1. The minimum atomic E-state index is 0.896. The van der Waals surface area contributed by atoms with Crippen molar-refractivity contribution in [2.75, 3.05) is 4.90 Å². The first kappa shape index (κ1) is 34.9. The fourth-order valence-electron chi connectivity index (χ4n) is 9.23. The Hall–Kier alpha value is -8.14. The molecule has 0 bridgehead atoms. The van der Waals surface area contributed by atoms with Gasteiger partial charge in [-0.2, -0.15) is 0 Å². The van der Waals surface area contributed by atoms with Gasteiger partial charge in [-0.25, -0.2) is 0 Å². The highest BCUT2D eigenvalue weighted by Gasteiger charge is 2.21. The van der Waals surface area contributed by atoms with Crippen LogP contribution in [0.15, 0.2) is 235 Å². The molecule has 286 valence electrons. The number of hydrogen-bond donors (Lipinski definition) is 0. The van der Waals surface area contributed by atoms with Crippen LogP contribution in [0, 0.1) is 0 Å². The first-order valence-electron chi connectivity index (χ1n) is 20.8. The molecule has 0 N–H and O–H groups in total. The predicted octanol–water partition coefficient (Wildman–Crippen LogP) is 16.3. The first-order valence-corrected chi connectivity index (χ1v) is 20.8. The van der Waals surface area contributed by atoms with E-state index in [-0.39, 0.29) is 0 Å². The highest BCUT2D eigenvalue weighted by molar-refractivity contribution is 6.18. The fourth-order valence-corrected chi connectivity index (χ4v) is 9.23. The van der Waals surface area contributed by atoms with E-state index in [4.69, 9.17) is 4.42 Å². The average Bonchev–Trinajstić information content (AvgIpc) is 3.87. The summed E-state index contributed by atoms with van der Waals surface area (Å²) < 4.78 is 9.14. The molecular weight excluding hydrogens is 741 g/mol.